The van der Waals surface area contributed by atoms with Crippen LogP contribution in [0.25, 0.3) is 0 Å². The highest BCUT2D eigenvalue weighted by atomic mass is 16.2. The van der Waals surface area contributed by atoms with Crippen LogP contribution in [0.5, 0.6) is 0 Å². The van der Waals surface area contributed by atoms with Crippen molar-refractivity contribution in [1.29, 1.82) is 0 Å². The highest BCUT2D eigenvalue weighted by Gasteiger charge is 2.36. The molecule has 2 aliphatic heterocycles. The van der Waals surface area contributed by atoms with E-state index in [0.29, 0.717) is 17.9 Å². The molecular formula is C13H23N3O. The molecule has 0 aromatic carbocycles. The predicted octanol–water partition coefficient (Wildman–Crippen LogP) is 0.291. The van der Waals surface area contributed by atoms with Crippen molar-refractivity contribution >= 4 is 5.91 Å². The SMILES string of the molecule is CN1CCC(CN2CCC(NC3CC3)C2=O)C1. The van der Waals surface area contributed by atoms with E-state index in [1.54, 1.807) is 0 Å². The Kier molecular flexibility index (Phi) is 3.09. The minimum absolute atomic E-state index is 0.127. The van der Waals surface area contributed by atoms with Crippen LogP contribution in [0, 0.1) is 5.92 Å². The Balaban J connectivity index is 1.49. The maximum Gasteiger partial charge on any atom is 0.239 e. The average Bonchev–Trinajstić information content (AvgIpc) is 2.94. The molecule has 0 aromatic rings. The summed E-state index contributed by atoms with van der Waals surface area (Å²) in [4.78, 5) is 16.6. The summed E-state index contributed by atoms with van der Waals surface area (Å²) < 4.78 is 0. The monoisotopic (exact) mass is 237 g/mol. The summed E-state index contributed by atoms with van der Waals surface area (Å²) in [5.41, 5.74) is 0. The zero-order chi connectivity index (χ0) is 11.8. The maximum absolute atomic E-state index is 12.2. The lowest BCUT2D eigenvalue weighted by molar-refractivity contribution is -0.129. The van der Waals surface area contributed by atoms with Crippen LogP contribution >= 0.6 is 0 Å². The van der Waals surface area contributed by atoms with Gasteiger partial charge in [-0.2, -0.15) is 0 Å². The summed E-state index contributed by atoms with van der Waals surface area (Å²) in [7, 11) is 2.17. The first-order valence-electron chi connectivity index (χ1n) is 6.96. The van der Waals surface area contributed by atoms with Crippen molar-refractivity contribution in [1.82, 2.24) is 15.1 Å². The Hall–Kier alpha value is -0.610. The van der Waals surface area contributed by atoms with E-state index < -0.39 is 0 Å². The average molecular weight is 237 g/mol. The maximum atomic E-state index is 12.2. The molecule has 4 heteroatoms. The molecule has 2 heterocycles. The molecule has 2 unspecified atom stereocenters. The normalized spacial score (nSPS) is 34.9. The van der Waals surface area contributed by atoms with Gasteiger partial charge in [0.05, 0.1) is 6.04 Å². The highest BCUT2D eigenvalue weighted by Crippen LogP contribution is 2.24. The van der Waals surface area contributed by atoms with Crippen LogP contribution in [0.1, 0.15) is 25.7 Å². The lowest BCUT2D eigenvalue weighted by atomic mass is 10.1. The van der Waals surface area contributed by atoms with E-state index in [4.69, 9.17) is 0 Å². The number of nitrogens with zero attached hydrogens (tertiary/aromatic N) is 2. The molecule has 2 saturated heterocycles. The van der Waals surface area contributed by atoms with Crippen molar-refractivity contribution in [2.75, 3.05) is 33.2 Å². The fourth-order valence-electron chi connectivity index (χ4n) is 3.10. The standard InChI is InChI=1S/C13H23N3O/c1-15-6-4-10(8-15)9-16-7-5-12(13(16)17)14-11-2-3-11/h10-12,14H,2-9H2,1H3. The molecule has 4 nitrogen and oxygen atoms in total. The largest absolute Gasteiger partial charge is 0.341 e. The van der Waals surface area contributed by atoms with Crippen molar-refractivity contribution < 1.29 is 4.79 Å². The zero-order valence-electron chi connectivity index (χ0n) is 10.7. The van der Waals surface area contributed by atoms with Crippen molar-refractivity contribution in [3.63, 3.8) is 0 Å². The van der Waals surface area contributed by atoms with Crippen LogP contribution in [0.2, 0.25) is 0 Å². The molecule has 1 aliphatic carbocycles. The van der Waals surface area contributed by atoms with Crippen molar-refractivity contribution in [2.45, 2.75) is 37.8 Å². The smallest absolute Gasteiger partial charge is 0.239 e. The van der Waals surface area contributed by atoms with Crippen molar-refractivity contribution in [2.24, 2.45) is 5.92 Å². The Bertz CT molecular complexity index is 303. The van der Waals surface area contributed by atoms with Gasteiger partial charge in [-0.25, -0.2) is 0 Å². The van der Waals surface area contributed by atoms with Gasteiger partial charge in [0.25, 0.3) is 0 Å². The Labute approximate surface area is 103 Å². The first-order chi connectivity index (χ1) is 8.22. The minimum atomic E-state index is 0.127. The van der Waals surface area contributed by atoms with Crippen LogP contribution in [-0.4, -0.2) is 61.0 Å². The summed E-state index contributed by atoms with van der Waals surface area (Å²) in [5, 5.41) is 3.46. The number of amides is 1. The van der Waals surface area contributed by atoms with Gasteiger partial charge < -0.3 is 15.1 Å². The van der Waals surface area contributed by atoms with Gasteiger partial charge in [0, 0.05) is 25.7 Å². The fraction of sp³-hybridized carbons (Fsp3) is 0.923. The quantitative estimate of drug-likeness (QED) is 0.763. The van der Waals surface area contributed by atoms with E-state index in [9.17, 15) is 4.79 Å². The molecule has 3 aliphatic rings. The summed E-state index contributed by atoms with van der Waals surface area (Å²) in [6.45, 7) is 4.29. The molecule has 1 N–H and O–H groups in total. The summed E-state index contributed by atoms with van der Waals surface area (Å²) in [5.74, 6) is 1.05. The number of carbonyl (C=O) groups is 1. The van der Waals surface area contributed by atoms with Crippen LogP contribution in [-0.2, 0) is 4.79 Å². The minimum Gasteiger partial charge on any atom is -0.341 e. The van der Waals surface area contributed by atoms with E-state index in [-0.39, 0.29) is 6.04 Å². The van der Waals surface area contributed by atoms with Crippen LogP contribution < -0.4 is 5.32 Å². The molecule has 2 atom stereocenters. The number of rotatable bonds is 4. The van der Waals surface area contributed by atoms with Gasteiger partial charge in [-0.15, -0.1) is 0 Å². The summed E-state index contributed by atoms with van der Waals surface area (Å²) >= 11 is 0. The van der Waals surface area contributed by atoms with E-state index in [1.807, 2.05) is 0 Å². The molecule has 96 valence electrons. The molecule has 1 amide bonds. The van der Waals surface area contributed by atoms with E-state index in [2.05, 4.69) is 22.2 Å². The third-order valence-electron chi connectivity index (χ3n) is 4.28. The molecular weight excluding hydrogens is 214 g/mol. The fourth-order valence-corrected chi connectivity index (χ4v) is 3.10. The first-order valence-corrected chi connectivity index (χ1v) is 6.96. The number of nitrogens with one attached hydrogen (secondary N) is 1. The van der Waals surface area contributed by atoms with Gasteiger partial charge in [0.15, 0.2) is 0 Å². The van der Waals surface area contributed by atoms with Gasteiger partial charge in [0.2, 0.25) is 5.91 Å². The molecule has 17 heavy (non-hydrogen) atoms. The lowest BCUT2D eigenvalue weighted by Crippen LogP contribution is -2.41. The summed E-state index contributed by atoms with van der Waals surface area (Å²) in [6.07, 6.45) is 4.79. The van der Waals surface area contributed by atoms with Gasteiger partial charge >= 0.3 is 0 Å². The number of carbonyl (C=O) groups excluding carboxylic acids is 1. The molecule has 1 saturated carbocycles. The first kappa shape index (κ1) is 11.5. The molecule has 3 rings (SSSR count). The Morgan fingerprint density at radius 3 is 2.71 bits per heavy atom. The third-order valence-corrected chi connectivity index (χ3v) is 4.28. The number of likely N-dealkylation sites (tertiary alicyclic amines) is 2. The molecule has 0 aromatic heterocycles. The van der Waals surface area contributed by atoms with E-state index in [0.717, 1.165) is 26.1 Å². The van der Waals surface area contributed by atoms with Crippen LogP contribution in [0.3, 0.4) is 0 Å². The van der Waals surface area contributed by atoms with E-state index >= 15 is 0 Å². The molecule has 0 bridgehead atoms. The molecule has 3 fully saturated rings. The Morgan fingerprint density at radius 2 is 2.06 bits per heavy atom. The third kappa shape index (κ3) is 2.63. The van der Waals surface area contributed by atoms with Crippen LogP contribution in [0.15, 0.2) is 0 Å². The van der Waals surface area contributed by atoms with Gasteiger partial charge in [-0.1, -0.05) is 0 Å². The van der Waals surface area contributed by atoms with Crippen molar-refractivity contribution in [3.8, 4) is 0 Å². The van der Waals surface area contributed by atoms with Gasteiger partial charge in [-0.3, -0.25) is 4.79 Å². The van der Waals surface area contributed by atoms with E-state index in [1.165, 1.54) is 25.8 Å². The summed E-state index contributed by atoms with van der Waals surface area (Å²) in [6, 6.07) is 0.767. The van der Waals surface area contributed by atoms with Crippen molar-refractivity contribution in [3.05, 3.63) is 0 Å². The van der Waals surface area contributed by atoms with Gasteiger partial charge in [0.1, 0.15) is 0 Å². The number of hydrogen-bond donors (Lipinski definition) is 1. The second kappa shape index (κ2) is 4.58. The lowest BCUT2D eigenvalue weighted by Gasteiger charge is -2.21. The van der Waals surface area contributed by atoms with Gasteiger partial charge in [-0.05, 0) is 45.2 Å². The number of hydrogen-bond acceptors (Lipinski definition) is 3. The zero-order valence-corrected chi connectivity index (χ0v) is 10.7. The molecule has 0 radical (unpaired) electrons. The predicted molar refractivity (Wildman–Crippen MR) is 66.7 cm³/mol. The highest BCUT2D eigenvalue weighted by molar-refractivity contribution is 5.84. The second-order valence-electron chi connectivity index (χ2n) is 5.98. The topological polar surface area (TPSA) is 35.6 Å². The second-order valence-corrected chi connectivity index (χ2v) is 5.98. The Morgan fingerprint density at radius 1 is 1.24 bits per heavy atom. The molecule has 0 spiro atoms. The van der Waals surface area contributed by atoms with Crippen LogP contribution in [0.4, 0.5) is 0 Å².